The molecule has 18 heavy (non-hydrogen) atoms. The van der Waals surface area contributed by atoms with Gasteiger partial charge in [-0.3, -0.25) is 0 Å². The van der Waals surface area contributed by atoms with E-state index < -0.39 is 0 Å². The van der Waals surface area contributed by atoms with E-state index in [2.05, 4.69) is 10.6 Å². The molecule has 1 saturated carbocycles. The zero-order chi connectivity index (χ0) is 13.0. The van der Waals surface area contributed by atoms with Gasteiger partial charge in [0.15, 0.2) is 0 Å². The van der Waals surface area contributed by atoms with Crippen LogP contribution < -0.4 is 16.4 Å². The van der Waals surface area contributed by atoms with Crippen molar-refractivity contribution >= 4 is 6.03 Å². The van der Waals surface area contributed by atoms with Crippen LogP contribution >= 0.6 is 0 Å². The summed E-state index contributed by atoms with van der Waals surface area (Å²) in [5, 5.41) is 5.87. The van der Waals surface area contributed by atoms with Crippen LogP contribution in [-0.2, 0) is 6.54 Å². The van der Waals surface area contributed by atoms with Crippen molar-refractivity contribution in [1.29, 1.82) is 0 Å². The Kier molecular flexibility index (Phi) is 3.87. The minimum atomic E-state index is -0.263. The molecular weight excluding hydrogens is 226 g/mol. The number of amides is 2. The highest BCUT2D eigenvalue weighted by atomic mass is 16.2. The second-order valence-electron chi connectivity index (χ2n) is 5.19. The number of carbonyl (C=O) groups excluding carboxylic acids is 1. The number of urea groups is 1. The van der Waals surface area contributed by atoms with Crippen LogP contribution in [0.5, 0.6) is 0 Å². The monoisotopic (exact) mass is 247 g/mol. The van der Waals surface area contributed by atoms with E-state index in [1.807, 2.05) is 37.3 Å². The summed E-state index contributed by atoms with van der Waals surface area (Å²) in [5.41, 5.74) is 6.59. The van der Waals surface area contributed by atoms with E-state index in [1.54, 1.807) is 0 Å². The molecule has 0 radical (unpaired) electrons. The minimum absolute atomic E-state index is 0.140. The summed E-state index contributed by atoms with van der Waals surface area (Å²) >= 11 is 0. The fourth-order valence-corrected chi connectivity index (χ4v) is 2.12. The number of rotatable bonds is 5. The van der Waals surface area contributed by atoms with Crippen LogP contribution in [0.1, 0.15) is 25.3 Å². The zero-order valence-corrected chi connectivity index (χ0v) is 10.8. The predicted octanol–water partition coefficient (Wildman–Crippen LogP) is 1.61. The van der Waals surface area contributed by atoms with Gasteiger partial charge in [-0.25, -0.2) is 4.79 Å². The Balaban J connectivity index is 1.81. The maximum Gasteiger partial charge on any atom is 0.315 e. The molecule has 1 atom stereocenters. The molecule has 0 spiro atoms. The lowest BCUT2D eigenvalue weighted by Gasteiger charge is -2.29. The number of carbonyl (C=O) groups is 1. The second-order valence-corrected chi connectivity index (χ2v) is 5.19. The number of hydrogen-bond acceptors (Lipinski definition) is 2. The third-order valence-corrected chi connectivity index (χ3v) is 3.60. The molecule has 0 bridgehead atoms. The fraction of sp³-hybridized carbons (Fsp3) is 0.500. The average molecular weight is 247 g/mol. The van der Waals surface area contributed by atoms with Crippen molar-refractivity contribution in [2.24, 2.45) is 11.7 Å². The summed E-state index contributed by atoms with van der Waals surface area (Å²) in [6, 6.07) is 9.72. The van der Waals surface area contributed by atoms with Gasteiger partial charge >= 0.3 is 6.03 Å². The summed E-state index contributed by atoms with van der Waals surface area (Å²) in [4.78, 5) is 11.8. The van der Waals surface area contributed by atoms with Gasteiger partial charge in [-0.2, -0.15) is 0 Å². The first-order valence-electron chi connectivity index (χ1n) is 6.44. The number of benzene rings is 1. The van der Waals surface area contributed by atoms with Gasteiger partial charge in [0.2, 0.25) is 0 Å². The highest BCUT2D eigenvalue weighted by molar-refractivity contribution is 5.74. The lowest BCUT2D eigenvalue weighted by Crippen LogP contribution is -2.55. The Labute approximate surface area is 108 Å². The fourth-order valence-electron chi connectivity index (χ4n) is 2.12. The maximum atomic E-state index is 11.8. The summed E-state index contributed by atoms with van der Waals surface area (Å²) in [6.45, 7) is 3.04. The van der Waals surface area contributed by atoms with Crippen LogP contribution in [0, 0.1) is 5.92 Å². The average Bonchev–Trinajstić information content (AvgIpc) is 3.22. The molecule has 1 fully saturated rings. The molecule has 1 unspecified atom stereocenters. The van der Waals surface area contributed by atoms with Gasteiger partial charge in [0, 0.05) is 13.1 Å². The largest absolute Gasteiger partial charge is 0.334 e. The Morgan fingerprint density at radius 3 is 2.61 bits per heavy atom. The molecule has 1 aromatic rings. The SMILES string of the molecule is CC(CN)(NC(=O)NCc1ccccc1)C1CC1. The van der Waals surface area contributed by atoms with Crippen molar-refractivity contribution in [1.82, 2.24) is 10.6 Å². The van der Waals surface area contributed by atoms with Crippen LogP contribution in [0.15, 0.2) is 30.3 Å². The topological polar surface area (TPSA) is 67.1 Å². The molecular formula is C14H21N3O. The molecule has 4 heteroatoms. The molecule has 4 nitrogen and oxygen atoms in total. The van der Waals surface area contributed by atoms with E-state index in [0.29, 0.717) is 19.0 Å². The van der Waals surface area contributed by atoms with Gasteiger partial charge in [-0.15, -0.1) is 0 Å². The molecule has 4 N–H and O–H groups in total. The normalized spacial score (nSPS) is 17.9. The van der Waals surface area contributed by atoms with E-state index in [-0.39, 0.29) is 11.6 Å². The van der Waals surface area contributed by atoms with Crippen LogP contribution in [0.3, 0.4) is 0 Å². The summed E-state index contributed by atoms with van der Waals surface area (Å²) in [7, 11) is 0. The summed E-state index contributed by atoms with van der Waals surface area (Å²) < 4.78 is 0. The van der Waals surface area contributed by atoms with E-state index in [9.17, 15) is 4.79 Å². The molecule has 2 rings (SSSR count). The first-order chi connectivity index (χ1) is 8.64. The van der Waals surface area contributed by atoms with Crippen LogP contribution in [-0.4, -0.2) is 18.1 Å². The van der Waals surface area contributed by atoms with Gasteiger partial charge in [0.25, 0.3) is 0 Å². The smallest absolute Gasteiger partial charge is 0.315 e. The van der Waals surface area contributed by atoms with Crippen molar-refractivity contribution in [2.45, 2.75) is 31.8 Å². The number of nitrogens with one attached hydrogen (secondary N) is 2. The Morgan fingerprint density at radius 2 is 2.06 bits per heavy atom. The molecule has 0 aliphatic heterocycles. The van der Waals surface area contributed by atoms with Gasteiger partial charge in [0.05, 0.1) is 5.54 Å². The van der Waals surface area contributed by atoms with E-state index in [0.717, 1.165) is 18.4 Å². The van der Waals surface area contributed by atoms with Crippen molar-refractivity contribution < 1.29 is 4.79 Å². The van der Waals surface area contributed by atoms with Crippen molar-refractivity contribution in [2.75, 3.05) is 6.54 Å². The quantitative estimate of drug-likeness (QED) is 0.740. The number of hydrogen-bond donors (Lipinski definition) is 3. The molecule has 98 valence electrons. The van der Waals surface area contributed by atoms with Gasteiger partial charge in [0.1, 0.15) is 0 Å². The summed E-state index contributed by atoms with van der Waals surface area (Å²) in [5.74, 6) is 0.532. The molecule has 1 aromatic carbocycles. The Bertz CT molecular complexity index is 403. The predicted molar refractivity (Wildman–Crippen MR) is 72.0 cm³/mol. The molecule has 0 aromatic heterocycles. The number of nitrogens with two attached hydrogens (primary N) is 1. The lowest BCUT2D eigenvalue weighted by atomic mass is 9.96. The molecule has 1 aliphatic rings. The van der Waals surface area contributed by atoms with E-state index in [1.165, 1.54) is 0 Å². The third kappa shape index (κ3) is 3.23. The Morgan fingerprint density at radius 1 is 1.39 bits per heavy atom. The maximum absolute atomic E-state index is 11.8. The highest BCUT2D eigenvalue weighted by Crippen LogP contribution is 2.38. The van der Waals surface area contributed by atoms with Gasteiger partial charge in [-0.05, 0) is 31.2 Å². The van der Waals surface area contributed by atoms with E-state index >= 15 is 0 Å². The van der Waals surface area contributed by atoms with Gasteiger partial charge < -0.3 is 16.4 Å². The lowest BCUT2D eigenvalue weighted by molar-refractivity contribution is 0.222. The summed E-state index contributed by atoms with van der Waals surface area (Å²) in [6.07, 6.45) is 2.32. The van der Waals surface area contributed by atoms with E-state index in [4.69, 9.17) is 5.73 Å². The van der Waals surface area contributed by atoms with Crippen molar-refractivity contribution in [3.63, 3.8) is 0 Å². The van der Waals surface area contributed by atoms with Crippen molar-refractivity contribution in [3.8, 4) is 0 Å². The second kappa shape index (κ2) is 5.40. The zero-order valence-electron chi connectivity index (χ0n) is 10.8. The van der Waals surface area contributed by atoms with Crippen LogP contribution in [0.4, 0.5) is 4.79 Å². The first kappa shape index (κ1) is 12.9. The molecule has 2 amide bonds. The van der Waals surface area contributed by atoms with Crippen LogP contribution in [0.2, 0.25) is 0 Å². The minimum Gasteiger partial charge on any atom is -0.334 e. The standard InChI is InChI=1S/C14H21N3O/c1-14(10-15,12-7-8-12)17-13(18)16-9-11-5-3-2-4-6-11/h2-6,12H,7-10,15H2,1H3,(H2,16,17,18). The highest BCUT2D eigenvalue weighted by Gasteiger charge is 2.41. The van der Waals surface area contributed by atoms with Crippen LogP contribution in [0.25, 0.3) is 0 Å². The van der Waals surface area contributed by atoms with Gasteiger partial charge in [-0.1, -0.05) is 30.3 Å². The third-order valence-electron chi connectivity index (χ3n) is 3.60. The molecule has 0 saturated heterocycles. The molecule has 1 aliphatic carbocycles. The first-order valence-corrected chi connectivity index (χ1v) is 6.44. The Hall–Kier alpha value is -1.55. The molecule has 0 heterocycles. The van der Waals surface area contributed by atoms with Crippen molar-refractivity contribution in [3.05, 3.63) is 35.9 Å².